The number of nitrogens with one attached hydrogen (secondary N) is 1. The fourth-order valence-corrected chi connectivity index (χ4v) is 2.14. The molecule has 0 bridgehead atoms. The maximum Gasteiger partial charge on any atom is 0.354 e. The van der Waals surface area contributed by atoms with Gasteiger partial charge in [-0.25, -0.2) is 9.78 Å². The van der Waals surface area contributed by atoms with E-state index in [-0.39, 0.29) is 23.8 Å². The normalized spacial score (nSPS) is 10.4. The van der Waals surface area contributed by atoms with E-state index in [1.807, 2.05) is 30.3 Å². The summed E-state index contributed by atoms with van der Waals surface area (Å²) in [4.78, 5) is 30.9. The van der Waals surface area contributed by atoms with Crippen LogP contribution in [0.15, 0.2) is 53.1 Å². The van der Waals surface area contributed by atoms with E-state index in [1.54, 1.807) is 0 Å². The smallest absolute Gasteiger partial charge is 0.354 e. The van der Waals surface area contributed by atoms with Gasteiger partial charge in [-0.2, -0.15) is 4.98 Å². The second-order valence-electron chi connectivity index (χ2n) is 5.16. The van der Waals surface area contributed by atoms with Crippen molar-refractivity contribution in [1.82, 2.24) is 20.4 Å². The minimum absolute atomic E-state index is 0.00363. The Labute approximate surface area is 142 Å². The molecule has 0 saturated heterocycles. The number of aromatic nitrogens is 3. The highest BCUT2D eigenvalue weighted by molar-refractivity contribution is 5.94. The van der Waals surface area contributed by atoms with Gasteiger partial charge in [-0.1, -0.05) is 41.6 Å². The Morgan fingerprint density at radius 2 is 1.76 bits per heavy atom. The van der Waals surface area contributed by atoms with Gasteiger partial charge in [-0.05, 0) is 17.7 Å². The summed E-state index contributed by atoms with van der Waals surface area (Å²) in [5.41, 5.74) is 0.855. The van der Waals surface area contributed by atoms with E-state index in [2.05, 4.69) is 20.4 Å². The Morgan fingerprint density at radius 1 is 1.00 bits per heavy atom. The molecule has 2 N–H and O–H groups in total. The highest BCUT2D eigenvalue weighted by Crippen LogP contribution is 2.07. The van der Waals surface area contributed by atoms with Crippen LogP contribution in [0.1, 0.15) is 38.3 Å². The van der Waals surface area contributed by atoms with E-state index < -0.39 is 11.9 Å². The number of carboxylic acids is 1. The van der Waals surface area contributed by atoms with Crippen LogP contribution in [0.3, 0.4) is 0 Å². The van der Waals surface area contributed by atoms with E-state index in [0.717, 1.165) is 5.56 Å². The van der Waals surface area contributed by atoms with Crippen molar-refractivity contribution in [3.05, 3.63) is 77.2 Å². The van der Waals surface area contributed by atoms with Crippen molar-refractivity contribution in [3.8, 4) is 0 Å². The van der Waals surface area contributed by atoms with Gasteiger partial charge in [0.15, 0.2) is 5.82 Å². The molecular formula is C17H14N4O4. The molecule has 0 aliphatic heterocycles. The fourth-order valence-electron chi connectivity index (χ4n) is 2.14. The number of amides is 1. The number of rotatable bonds is 6. The van der Waals surface area contributed by atoms with Crippen molar-refractivity contribution in [2.24, 2.45) is 0 Å². The molecule has 126 valence electrons. The van der Waals surface area contributed by atoms with Crippen molar-refractivity contribution in [1.29, 1.82) is 0 Å². The molecule has 0 aliphatic rings. The summed E-state index contributed by atoms with van der Waals surface area (Å²) >= 11 is 0. The monoisotopic (exact) mass is 338 g/mol. The summed E-state index contributed by atoms with van der Waals surface area (Å²) in [6.45, 7) is 0.0274. The van der Waals surface area contributed by atoms with Gasteiger partial charge in [0.25, 0.3) is 5.91 Å². The predicted molar refractivity (Wildman–Crippen MR) is 85.9 cm³/mol. The third-order valence-corrected chi connectivity index (χ3v) is 3.32. The van der Waals surface area contributed by atoms with Gasteiger partial charge in [0, 0.05) is 6.42 Å². The number of hydrogen-bond donors (Lipinski definition) is 2. The van der Waals surface area contributed by atoms with Crippen molar-refractivity contribution >= 4 is 11.9 Å². The van der Waals surface area contributed by atoms with Crippen LogP contribution < -0.4 is 5.32 Å². The Bertz CT molecular complexity index is 892. The van der Waals surface area contributed by atoms with Crippen molar-refractivity contribution in [3.63, 3.8) is 0 Å². The molecule has 0 spiro atoms. The van der Waals surface area contributed by atoms with Crippen LogP contribution >= 0.6 is 0 Å². The average molecular weight is 338 g/mol. The highest BCUT2D eigenvalue weighted by atomic mass is 16.5. The van der Waals surface area contributed by atoms with Gasteiger partial charge >= 0.3 is 5.97 Å². The lowest BCUT2D eigenvalue weighted by Gasteiger charge is -2.02. The molecule has 0 unspecified atom stereocenters. The number of aromatic carboxylic acids is 1. The molecule has 0 atom stereocenters. The Kier molecular flexibility index (Phi) is 4.79. The molecule has 1 amide bonds. The Hall–Kier alpha value is -3.55. The number of carboxylic acid groups (broad SMARTS) is 1. The quantitative estimate of drug-likeness (QED) is 0.702. The zero-order chi connectivity index (χ0) is 17.6. The summed E-state index contributed by atoms with van der Waals surface area (Å²) in [5, 5.41) is 15.3. The van der Waals surface area contributed by atoms with Crippen molar-refractivity contribution in [2.75, 3.05) is 0 Å². The first-order valence-electron chi connectivity index (χ1n) is 7.46. The SMILES string of the molecule is O=C(O)c1cccc(C(=O)NCc2nc(Cc3ccccc3)no2)n1. The first-order valence-corrected chi connectivity index (χ1v) is 7.46. The summed E-state index contributed by atoms with van der Waals surface area (Å²) in [5.74, 6) is -0.946. The number of hydrogen-bond acceptors (Lipinski definition) is 6. The molecule has 3 aromatic rings. The molecule has 1 aromatic carbocycles. The standard InChI is InChI=1S/C17H14N4O4/c22-16(12-7-4-8-13(19-12)17(23)24)18-10-15-20-14(21-25-15)9-11-5-2-1-3-6-11/h1-8H,9-10H2,(H,18,22)(H,23,24). The lowest BCUT2D eigenvalue weighted by atomic mass is 10.1. The van der Waals surface area contributed by atoms with E-state index >= 15 is 0 Å². The molecule has 0 radical (unpaired) electrons. The summed E-state index contributed by atoms with van der Waals surface area (Å²) in [6, 6.07) is 13.9. The van der Waals surface area contributed by atoms with E-state index in [1.165, 1.54) is 18.2 Å². The van der Waals surface area contributed by atoms with Gasteiger partial charge in [0.05, 0.1) is 6.54 Å². The predicted octanol–water partition coefficient (Wildman–Crippen LogP) is 1.68. The van der Waals surface area contributed by atoms with Crippen LogP contribution in [0.25, 0.3) is 0 Å². The zero-order valence-electron chi connectivity index (χ0n) is 13.0. The first-order chi connectivity index (χ1) is 12.1. The number of pyridine rings is 1. The molecule has 0 fully saturated rings. The van der Waals surface area contributed by atoms with Crippen LogP contribution in [-0.2, 0) is 13.0 Å². The highest BCUT2D eigenvalue weighted by Gasteiger charge is 2.13. The van der Waals surface area contributed by atoms with Gasteiger partial charge in [0.2, 0.25) is 5.89 Å². The molecule has 8 heteroatoms. The van der Waals surface area contributed by atoms with Crippen LogP contribution in [0.5, 0.6) is 0 Å². The van der Waals surface area contributed by atoms with Gasteiger partial charge in [0.1, 0.15) is 11.4 Å². The van der Waals surface area contributed by atoms with Crippen LogP contribution in [0.4, 0.5) is 0 Å². The van der Waals surface area contributed by atoms with Gasteiger partial charge < -0.3 is 14.9 Å². The lowest BCUT2D eigenvalue weighted by Crippen LogP contribution is -2.24. The summed E-state index contributed by atoms with van der Waals surface area (Å²) < 4.78 is 5.09. The summed E-state index contributed by atoms with van der Waals surface area (Å²) in [6.07, 6.45) is 0.528. The number of benzene rings is 1. The molecule has 2 aromatic heterocycles. The molecule has 2 heterocycles. The third-order valence-electron chi connectivity index (χ3n) is 3.32. The summed E-state index contributed by atoms with van der Waals surface area (Å²) in [7, 11) is 0. The third kappa shape index (κ3) is 4.25. The number of nitrogens with zero attached hydrogens (tertiary/aromatic N) is 3. The zero-order valence-corrected chi connectivity index (χ0v) is 13.0. The molecule has 8 nitrogen and oxygen atoms in total. The number of carbonyl (C=O) groups is 2. The van der Waals surface area contributed by atoms with Crippen LogP contribution in [0, 0.1) is 0 Å². The van der Waals surface area contributed by atoms with Crippen LogP contribution in [0.2, 0.25) is 0 Å². The van der Waals surface area contributed by atoms with E-state index in [0.29, 0.717) is 12.2 Å². The second kappa shape index (κ2) is 7.35. The molecule has 0 saturated carbocycles. The first kappa shape index (κ1) is 16.3. The minimum atomic E-state index is -1.20. The minimum Gasteiger partial charge on any atom is -0.477 e. The van der Waals surface area contributed by atoms with Crippen molar-refractivity contribution < 1.29 is 19.2 Å². The lowest BCUT2D eigenvalue weighted by molar-refractivity contribution is 0.0690. The van der Waals surface area contributed by atoms with E-state index in [4.69, 9.17) is 9.63 Å². The molecule has 0 aliphatic carbocycles. The average Bonchev–Trinajstić information content (AvgIpc) is 3.08. The maximum absolute atomic E-state index is 12.0. The van der Waals surface area contributed by atoms with Crippen LogP contribution in [-0.4, -0.2) is 32.1 Å². The molecule has 25 heavy (non-hydrogen) atoms. The fraction of sp³-hybridized carbons (Fsp3) is 0.118. The Balaban J connectivity index is 1.59. The topological polar surface area (TPSA) is 118 Å². The largest absolute Gasteiger partial charge is 0.477 e. The van der Waals surface area contributed by atoms with Crippen molar-refractivity contribution in [2.45, 2.75) is 13.0 Å². The van der Waals surface area contributed by atoms with Gasteiger partial charge in [-0.15, -0.1) is 0 Å². The second-order valence-corrected chi connectivity index (χ2v) is 5.16. The Morgan fingerprint density at radius 3 is 2.52 bits per heavy atom. The molecular weight excluding hydrogens is 324 g/mol. The number of carbonyl (C=O) groups excluding carboxylic acids is 1. The van der Waals surface area contributed by atoms with E-state index in [9.17, 15) is 9.59 Å². The van der Waals surface area contributed by atoms with Gasteiger partial charge in [-0.3, -0.25) is 4.79 Å². The maximum atomic E-state index is 12.0. The molecule has 3 rings (SSSR count).